The fraction of sp³-hybridized carbons (Fsp3) is 0.304. The molecule has 0 aliphatic carbocycles. The highest BCUT2D eigenvalue weighted by molar-refractivity contribution is 5.90. The molecule has 3 aromatic rings. The number of pyridine rings is 1. The molecule has 2 aliphatic heterocycles. The lowest BCUT2D eigenvalue weighted by Gasteiger charge is -2.35. The lowest BCUT2D eigenvalue weighted by atomic mass is 9.99. The largest absolute Gasteiger partial charge is 0.468 e. The highest BCUT2D eigenvalue weighted by atomic mass is 19.4. The number of urea groups is 1. The van der Waals surface area contributed by atoms with Crippen molar-refractivity contribution in [3.05, 3.63) is 70.0 Å². The molecule has 2 aromatic heterocycles. The van der Waals surface area contributed by atoms with Gasteiger partial charge in [0, 0.05) is 29.9 Å². The maximum absolute atomic E-state index is 14.8. The van der Waals surface area contributed by atoms with Crippen LogP contribution in [0.25, 0.3) is 11.1 Å². The fourth-order valence-corrected chi connectivity index (χ4v) is 4.58. The number of ether oxygens (including phenoxy) is 1. The first-order valence-electron chi connectivity index (χ1n) is 10.8. The van der Waals surface area contributed by atoms with Crippen LogP contribution in [0.1, 0.15) is 30.1 Å². The van der Waals surface area contributed by atoms with Crippen LogP contribution in [-0.2, 0) is 6.42 Å². The fourth-order valence-electron chi connectivity index (χ4n) is 4.58. The summed E-state index contributed by atoms with van der Waals surface area (Å²) in [7, 11) is 0. The highest BCUT2D eigenvalue weighted by Gasteiger charge is 2.44. The number of H-pyrrole nitrogens is 1. The van der Waals surface area contributed by atoms with E-state index < -0.39 is 24.6 Å². The zero-order chi connectivity index (χ0) is 24.7. The molecule has 1 saturated heterocycles. The molecule has 182 valence electrons. The monoisotopic (exact) mass is 489 g/mol. The minimum absolute atomic E-state index is 0.0172. The Morgan fingerprint density at radius 1 is 1.17 bits per heavy atom. The Morgan fingerprint density at radius 3 is 2.69 bits per heavy atom. The quantitative estimate of drug-likeness (QED) is 0.535. The van der Waals surface area contributed by atoms with E-state index in [0.717, 1.165) is 12.0 Å². The van der Waals surface area contributed by atoms with Gasteiger partial charge >= 0.3 is 12.2 Å². The van der Waals surface area contributed by atoms with E-state index in [1.165, 1.54) is 36.5 Å². The summed E-state index contributed by atoms with van der Waals surface area (Å²) < 4.78 is 56.2. The number of benzene rings is 1. The van der Waals surface area contributed by atoms with E-state index in [1.54, 1.807) is 11.0 Å². The molecule has 4 heterocycles. The summed E-state index contributed by atoms with van der Waals surface area (Å²) in [4.78, 5) is 30.1. The Bertz CT molecular complexity index is 1330. The lowest BCUT2D eigenvalue weighted by Crippen LogP contribution is -2.45. The number of hydrogen-bond donors (Lipinski definition) is 2. The van der Waals surface area contributed by atoms with E-state index in [2.05, 4.69) is 25.2 Å². The number of fused-ring (bicyclic) bond motifs is 4. The summed E-state index contributed by atoms with van der Waals surface area (Å²) in [6.45, 7) is -1.46. The van der Waals surface area contributed by atoms with Gasteiger partial charge in [0.2, 0.25) is 5.88 Å². The van der Waals surface area contributed by atoms with Crippen LogP contribution >= 0.6 is 0 Å². The summed E-state index contributed by atoms with van der Waals surface area (Å²) in [5, 5.41) is 9.15. The van der Waals surface area contributed by atoms with Crippen molar-refractivity contribution in [2.45, 2.75) is 37.5 Å². The maximum atomic E-state index is 14.8. The number of carbonyl (C=O) groups is 1. The van der Waals surface area contributed by atoms with Crippen LogP contribution in [-0.4, -0.2) is 44.9 Å². The Balaban J connectivity index is 1.29. The van der Waals surface area contributed by atoms with Crippen LogP contribution in [0.15, 0.2) is 47.4 Å². The Labute approximate surface area is 195 Å². The normalized spacial score (nSPS) is 18.8. The number of rotatable bonds is 4. The molecule has 0 spiro atoms. The molecular formula is C23H19F4N5O3. The van der Waals surface area contributed by atoms with Crippen molar-refractivity contribution in [1.82, 2.24) is 20.1 Å². The van der Waals surface area contributed by atoms with Gasteiger partial charge < -0.3 is 15.0 Å². The van der Waals surface area contributed by atoms with Crippen molar-refractivity contribution >= 4 is 11.7 Å². The molecule has 1 aromatic carbocycles. The molecule has 2 amide bonds. The molecule has 2 bridgehead atoms. The third-order valence-electron chi connectivity index (χ3n) is 6.09. The first kappa shape index (κ1) is 22.8. The van der Waals surface area contributed by atoms with Crippen LogP contribution in [0.3, 0.4) is 0 Å². The van der Waals surface area contributed by atoms with Gasteiger partial charge in [-0.15, -0.1) is 0 Å². The van der Waals surface area contributed by atoms with Gasteiger partial charge in [-0.3, -0.25) is 4.79 Å². The first-order chi connectivity index (χ1) is 16.7. The number of nitrogens with one attached hydrogen (secondary N) is 2. The number of nitrogens with zero attached hydrogens (tertiary/aromatic N) is 3. The van der Waals surface area contributed by atoms with Crippen molar-refractivity contribution in [2.75, 3.05) is 11.9 Å². The molecule has 0 saturated carbocycles. The molecule has 5 rings (SSSR count). The van der Waals surface area contributed by atoms with Crippen LogP contribution in [0, 0.1) is 5.82 Å². The van der Waals surface area contributed by atoms with Crippen LogP contribution < -0.4 is 15.6 Å². The summed E-state index contributed by atoms with van der Waals surface area (Å²) >= 11 is 0. The third kappa shape index (κ3) is 4.68. The predicted octanol–water partition coefficient (Wildman–Crippen LogP) is 4.21. The second kappa shape index (κ2) is 8.67. The third-order valence-corrected chi connectivity index (χ3v) is 6.09. The van der Waals surface area contributed by atoms with E-state index in [1.807, 2.05) is 0 Å². The molecular weight excluding hydrogens is 470 g/mol. The topological polar surface area (TPSA) is 100 Å². The summed E-state index contributed by atoms with van der Waals surface area (Å²) in [6, 6.07) is 7.54. The average molecular weight is 489 g/mol. The Kier molecular flexibility index (Phi) is 5.65. The summed E-state index contributed by atoms with van der Waals surface area (Å²) in [6.07, 6.45) is -1.25. The maximum Gasteiger partial charge on any atom is 0.422 e. The second-order valence-electron chi connectivity index (χ2n) is 8.41. The number of alkyl halides is 3. The Morgan fingerprint density at radius 2 is 1.97 bits per heavy atom. The van der Waals surface area contributed by atoms with Crippen LogP contribution in [0.4, 0.5) is 28.0 Å². The van der Waals surface area contributed by atoms with E-state index in [0.29, 0.717) is 29.7 Å². The van der Waals surface area contributed by atoms with Gasteiger partial charge in [0.05, 0.1) is 17.4 Å². The minimum Gasteiger partial charge on any atom is -0.468 e. The first-order valence-corrected chi connectivity index (χ1v) is 10.8. The molecule has 0 unspecified atom stereocenters. The van der Waals surface area contributed by atoms with Crippen LogP contribution in [0.2, 0.25) is 0 Å². The van der Waals surface area contributed by atoms with Gasteiger partial charge in [-0.05, 0) is 48.6 Å². The molecule has 1 fully saturated rings. The SMILES string of the molecule is O=C(Nc1ccc(-c2ccc(OCC(F)(F)F)nc2)cc1F)N1[C@H]2CC[C@@H]1c1n[nH]c(=O)cc1C2. The van der Waals surface area contributed by atoms with Crippen LogP contribution in [0.5, 0.6) is 5.88 Å². The summed E-state index contributed by atoms with van der Waals surface area (Å²) in [5.41, 5.74) is 2.06. The van der Waals surface area contributed by atoms with E-state index in [-0.39, 0.29) is 29.2 Å². The molecule has 12 heteroatoms. The number of amides is 2. The lowest BCUT2D eigenvalue weighted by molar-refractivity contribution is -0.154. The summed E-state index contributed by atoms with van der Waals surface area (Å²) in [5.74, 6) is -0.882. The van der Waals surface area contributed by atoms with Gasteiger partial charge in [0.15, 0.2) is 6.61 Å². The number of halogens is 4. The number of carbonyl (C=O) groups excluding carboxylic acids is 1. The van der Waals surface area contributed by atoms with Crippen molar-refractivity contribution < 1.29 is 27.1 Å². The van der Waals surface area contributed by atoms with Gasteiger partial charge in [0.1, 0.15) is 5.82 Å². The predicted molar refractivity (Wildman–Crippen MR) is 116 cm³/mol. The highest BCUT2D eigenvalue weighted by Crippen LogP contribution is 2.42. The molecule has 2 aliphatic rings. The smallest absolute Gasteiger partial charge is 0.422 e. The molecule has 2 N–H and O–H groups in total. The molecule has 2 atom stereocenters. The van der Waals surface area contributed by atoms with Crippen molar-refractivity contribution in [1.29, 1.82) is 0 Å². The van der Waals surface area contributed by atoms with E-state index in [4.69, 9.17) is 0 Å². The van der Waals surface area contributed by atoms with Crippen molar-refractivity contribution in [3.8, 4) is 17.0 Å². The van der Waals surface area contributed by atoms with Crippen molar-refractivity contribution in [3.63, 3.8) is 0 Å². The zero-order valence-electron chi connectivity index (χ0n) is 18.1. The number of hydrogen-bond acceptors (Lipinski definition) is 5. The molecule has 35 heavy (non-hydrogen) atoms. The number of aromatic nitrogens is 3. The minimum atomic E-state index is -4.48. The van der Waals surface area contributed by atoms with E-state index in [9.17, 15) is 27.2 Å². The number of aromatic amines is 1. The van der Waals surface area contributed by atoms with Gasteiger partial charge in [-0.2, -0.15) is 18.3 Å². The standard InChI is InChI=1S/C23H19F4N5O3/c24-16-8-12(13-2-6-20(28-10-13)35-11-23(25,26)27)1-4-17(16)29-22(34)32-15-3-5-18(32)21-14(7-15)9-19(33)30-31-21/h1-2,4,6,8-10,15,18H,3,5,7,11H2,(H,29,34)(H,30,33)/t15-,18+/m0/s1. The molecule has 8 nitrogen and oxygen atoms in total. The van der Waals surface area contributed by atoms with Gasteiger partial charge in [-0.25, -0.2) is 19.3 Å². The Hall–Kier alpha value is -3.96. The van der Waals surface area contributed by atoms with Gasteiger partial charge in [-0.1, -0.05) is 6.07 Å². The van der Waals surface area contributed by atoms with E-state index >= 15 is 0 Å². The number of anilines is 1. The second-order valence-corrected chi connectivity index (χ2v) is 8.41. The zero-order valence-corrected chi connectivity index (χ0v) is 18.1. The molecule has 0 radical (unpaired) electrons. The average Bonchev–Trinajstić information content (AvgIpc) is 3.13. The van der Waals surface area contributed by atoms with Crippen molar-refractivity contribution in [2.24, 2.45) is 0 Å². The van der Waals surface area contributed by atoms with Gasteiger partial charge in [0.25, 0.3) is 5.56 Å².